The topological polar surface area (TPSA) is 53.2 Å². The third-order valence-corrected chi connectivity index (χ3v) is 3.92. The van der Waals surface area contributed by atoms with E-state index >= 15 is 0 Å². The van der Waals surface area contributed by atoms with Gasteiger partial charge in [-0.2, -0.15) is 0 Å². The first-order chi connectivity index (χ1) is 10.6. The van der Waals surface area contributed by atoms with E-state index in [9.17, 15) is 4.79 Å². The summed E-state index contributed by atoms with van der Waals surface area (Å²) in [6.45, 7) is 0. The van der Waals surface area contributed by atoms with Crippen molar-refractivity contribution in [3.63, 3.8) is 0 Å². The van der Waals surface area contributed by atoms with E-state index < -0.39 is 0 Å². The van der Waals surface area contributed by atoms with Crippen LogP contribution < -0.4 is 16.0 Å². The molecule has 22 heavy (non-hydrogen) atoms. The molecule has 0 bridgehead atoms. The van der Waals surface area contributed by atoms with Crippen LogP contribution in [0.15, 0.2) is 42.5 Å². The summed E-state index contributed by atoms with van der Waals surface area (Å²) in [7, 11) is 0. The van der Waals surface area contributed by atoms with E-state index in [1.807, 2.05) is 24.3 Å². The second-order valence-electron chi connectivity index (χ2n) is 5.17. The Morgan fingerprint density at radius 1 is 0.955 bits per heavy atom. The first-order valence-corrected chi connectivity index (χ1v) is 7.76. The van der Waals surface area contributed by atoms with E-state index in [1.54, 1.807) is 18.2 Å². The molecule has 1 aliphatic carbocycles. The molecule has 3 rings (SSSR count). The number of para-hydroxylation sites is 1. The Hall–Kier alpha value is -1.91. The fourth-order valence-electron chi connectivity index (χ4n) is 1.98. The molecule has 0 heterocycles. The third-order valence-electron chi connectivity index (χ3n) is 3.29. The quantitative estimate of drug-likeness (QED) is 0.734. The Morgan fingerprint density at radius 2 is 1.55 bits per heavy atom. The van der Waals surface area contributed by atoms with E-state index in [4.69, 9.17) is 23.2 Å². The number of nitrogens with one attached hydrogen (secondary N) is 3. The molecule has 2 amide bonds. The molecular weight excluding hydrogens is 321 g/mol. The van der Waals surface area contributed by atoms with Crippen LogP contribution in [0.5, 0.6) is 0 Å². The van der Waals surface area contributed by atoms with Crippen LogP contribution in [0, 0.1) is 0 Å². The molecule has 0 saturated heterocycles. The van der Waals surface area contributed by atoms with Gasteiger partial charge in [0.1, 0.15) is 0 Å². The molecule has 4 nitrogen and oxygen atoms in total. The van der Waals surface area contributed by atoms with E-state index in [1.165, 1.54) is 0 Å². The first kappa shape index (κ1) is 15.0. The van der Waals surface area contributed by atoms with Crippen LogP contribution in [0.4, 0.5) is 21.9 Å². The monoisotopic (exact) mass is 335 g/mol. The van der Waals surface area contributed by atoms with E-state index in [2.05, 4.69) is 16.0 Å². The molecule has 0 spiro atoms. The van der Waals surface area contributed by atoms with Crippen molar-refractivity contribution in [2.75, 3.05) is 10.6 Å². The second kappa shape index (κ2) is 6.46. The SMILES string of the molecule is O=C(Nc1ccc(Nc2c(Cl)cccc2Cl)cc1)NC1CC1. The lowest BCUT2D eigenvalue weighted by molar-refractivity contribution is 0.251. The number of anilines is 3. The Labute approximate surface area is 138 Å². The van der Waals surface area contributed by atoms with Crippen molar-refractivity contribution < 1.29 is 4.79 Å². The maximum Gasteiger partial charge on any atom is 0.319 e. The summed E-state index contributed by atoms with van der Waals surface area (Å²) in [5, 5.41) is 9.95. The highest BCUT2D eigenvalue weighted by atomic mass is 35.5. The first-order valence-electron chi connectivity index (χ1n) is 7.00. The molecule has 1 aliphatic rings. The highest BCUT2D eigenvalue weighted by Gasteiger charge is 2.23. The maximum absolute atomic E-state index is 11.7. The van der Waals surface area contributed by atoms with Gasteiger partial charge in [-0.1, -0.05) is 29.3 Å². The fraction of sp³-hybridized carbons (Fsp3) is 0.188. The van der Waals surface area contributed by atoms with Crippen LogP contribution in [0.3, 0.4) is 0 Å². The van der Waals surface area contributed by atoms with Gasteiger partial charge in [0.15, 0.2) is 0 Å². The van der Waals surface area contributed by atoms with Gasteiger partial charge in [-0.3, -0.25) is 0 Å². The van der Waals surface area contributed by atoms with Gasteiger partial charge in [0.2, 0.25) is 0 Å². The number of benzene rings is 2. The highest BCUT2D eigenvalue weighted by molar-refractivity contribution is 6.39. The molecule has 0 unspecified atom stereocenters. The molecule has 0 aromatic heterocycles. The van der Waals surface area contributed by atoms with Crippen LogP contribution in [0.2, 0.25) is 10.0 Å². The maximum atomic E-state index is 11.7. The van der Waals surface area contributed by atoms with E-state index in [-0.39, 0.29) is 6.03 Å². The second-order valence-corrected chi connectivity index (χ2v) is 5.99. The van der Waals surface area contributed by atoms with Gasteiger partial charge in [-0.15, -0.1) is 0 Å². The van der Waals surface area contributed by atoms with Crippen molar-refractivity contribution in [1.29, 1.82) is 0 Å². The van der Waals surface area contributed by atoms with Gasteiger partial charge in [-0.25, -0.2) is 4.79 Å². The van der Waals surface area contributed by atoms with Crippen LogP contribution in [0.1, 0.15) is 12.8 Å². The van der Waals surface area contributed by atoms with Crippen molar-refractivity contribution in [3.05, 3.63) is 52.5 Å². The number of rotatable bonds is 4. The standard InChI is InChI=1S/C16H15Cl2N3O/c17-13-2-1-3-14(18)15(13)19-10-4-6-11(7-5-10)20-16(22)21-12-8-9-12/h1-7,12,19H,8-9H2,(H2,20,21,22). The lowest BCUT2D eigenvalue weighted by Crippen LogP contribution is -2.30. The summed E-state index contributed by atoms with van der Waals surface area (Å²) in [4.78, 5) is 11.7. The Kier molecular flexibility index (Phi) is 4.41. The van der Waals surface area contributed by atoms with Crippen LogP contribution in [0.25, 0.3) is 0 Å². The number of hydrogen-bond acceptors (Lipinski definition) is 2. The summed E-state index contributed by atoms with van der Waals surface area (Å²) in [6, 6.07) is 12.8. The predicted molar refractivity (Wildman–Crippen MR) is 91.4 cm³/mol. The van der Waals surface area contributed by atoms with Gasteiger partial charge < -0.3 is 16.0 Å². The number of hydrogen-bond donors (Lipinski definition) is 3. The molecule has 2 aromatic rings. The zero-order valence-corrected chi connectivity index (χ0v) is 13.2. The molecule has 6 heteroatoms. The lowest BCUT2D eigenvalue weighted by atomic mass is 10.2. The number of urea groups is 1. The molecular formula is C16H15Cl2N3O. The van der Waals surface area contributed by atoms with Crippen LogP contribution >= 0.6 is 23.2 Å². The summed E-state index contributed by atoms with van der Waals surface area (Å²) in [5.41, 5.74) is 2.23. The van der Waals surface area contributed by atoms with Crippen LogP contribution in [-0.4, -0.2) is 12.1 Å². The van der Waals surface area contributed by atoms with E-state index in [0.717, 1.165) is 24.2 Å². The van der Waals surface area contributed by atoms with Crippen LogP contribution in [-0.2, 0) is 0 Å². The largest absolute Gasteiger partial charge is 0.353 e. The van der Waals surface area contributed by atoms with Crippen molar-refractivity contribution in [3.8, 4) is 0 Å². The minimum atomic E-state index is -0.169. The Balaban J connectivity index is 1.64. The van der Waals surface area contributed by atoms with E-state index in [0.29, 0.717) is 21.8 Å². The summed E-state index contributed by atoms with van der Waals surface area (Å²) in [6.07, 6.45) is 2.13. The summed E-state index contributed by atoms with van der Waals surface area (Å²) >= 11 is 12.2. The molecule has 0 radical (unpaired) electrons. The lowest BCUT2D eigenvalue weighted by Gasteiger charge is -2.11. The van der Waals surface area contributed by atoms with Gasteiger partial charge in [0.25, 0.3) is 0 Å². The van der Waals surface area contributed by atoms with Crippen molar-refractivity contribution in [2.24, 2.45) is 0 Å². The van der Waals surface area contributed by atoms with Gasteiger partial charge >= 0.3 is 6.03 Å². The third kappa shape index (κ3) is 3.84. The molecule has 114 valence electrons. The zero-order chi connectivity index (χ0) is 15.5. The molecule has 3 N–H and O–H groups in total. The minimum absolute atomic E-state index is 0.169. The van der Waals surface area contributed by atoms with Gasteiger partial charge in [0, 0.05) is 17.4 Å². The average Bonchev–Trinajstić information content (AvgIpc) is 3.29. The normalized spacial score (nSPS) is 13.5. The molecule has 2 aromatic carbocycles. The van der Waals surface area contributed by atoms with Gasteiger partial charge in [0.05, 0.1) is 15.7 Å². The molecule has 1 fully saturated rings. The number of amides is 2. The van der Waals surface area contributed by atoms with Gasteiger partial charge in [-0.05, 0) is 49.2 Å². The smallest absolute Gasteiger partial charge is 0.319 e. The van der Waals surface area contributed by atoms with Crippen molar-refractivity contribution in [2.45, 2.75) is 18.9 Å². The molecule has 1 saturated carbocycles. The Morgan fingerprint density at radius 3 is 2.14 bits per heavy atom. The fourth-order valence-corrected chi connectivity index (χ4v) is 2.47. The summed E-state index contributed by atoms with van der Waals surface area (Å²) in [5.74, 6) is 0. The average molecular weight is 336 g/mol. The highest BCUT2D eigenvalue weighted by Crippen LogP contribution is 2.32. The Bertz CT molecular complexity index is 664. The number of carbonyl (C=O) groups is 1. The predicted octanol–water partition coefficient (Wildman–Crippen LogP) is 5.02. The minimum Gasteiger partial charge on any atom is -0.353 e. The molecule has 0 aliphatic heterocycles. The number of carbonyl (C=O) groups excluding carboxylic acids is 1. The van der Waals surface area contributed by atoms with Crippen molar-refractivity contribution >= 4 is 46.3 Å². The zero-order valence-electron chi connectivity index (χ0n) is 11.7. The molecule has 0 atom stereocenters. The summed E-state index contributed by atoms with van der Waals surface area (Å²) < 4.78 is 0. The van der Waals surface area contributed by atoms with Crippen molar-refractivity contribution in [1.82, 2.24) is 5.32 Å². The number of halogens is 2.